The van der Waals surface area contributed by atoms with E-state index in [1.807, 2.05) is 26.0 Å². The molecule has 0 N–H and O–H groups in total. The largest absolute Gasteiger partial charge is 0.496 e. The Balaban J connectivity index is 2.13. The monoisotopic (exact) mass is 288 g/mol. The molecule has 0 spiro atoms. The van der Waals surface area contributed by atoms with E-state index < -0.39 is 0 Å². The topological polar surface area (TPSA) is 26.3 Å². The van der Waals surface area contributed by atoms with Crippen molar-refractivity contribution < 1.29 is 9.53 Å². The Morgan fingerprint density at radius 3 is 2.24 bits per heavy atom. The van der Waals surface area contributed by atoms with Crippen LogP contribution in [0.5, 0.6) is 5.75 Å². The Labute approximate surface area is 128 Å². The molecule has 1 fully saturated rings. The number of aryl methyl sites for hydroxylation is 2. The summed E-state index contributed by atoms with van der Waals surface area (Å²) in [4.78, 5) is 12.8. The summed E-state index contributed by atoms with van der Waals surface area (Å²) in [7, 11) is 1.68. The van der Waals surface area contributed by atoms with Gasteiger partial charge in [-0.3, -0.25) is 4.79 Å². The second-order valence-corrected chi connectivity index (χ2v) is 6.86. The highest BCUT2D eigenvalue weighted by atomic mass is 16.5. The summed E-state index contributed by atoms with van der Waals surface area (Å²) in [6.07, 6.45) is 4.49. The molecule has 1 aromatic carbocycles. The predicted molar refractivity (Wildman–Crippen MR) is 87.1 cm³/mol. The molecule has 1 aliphatic carbocycles. The molecule has 1 saturated carbocycles. The molecule has 0 aromatic heterocycles. The minimum Gasteiger partial charge on any atom is -0.496 e. The van der Waals surface area contributed by atoms with Gasteiger partial charge in [-0.2, -0.15) is 0 Å². The third-order valence-electron chi connectivity index (χ3n) is 5.09. The molecule has 2 rings (SSSR count). The molecule has 0 bridgehead atoms. The van der Waals surface area contributed by atoms with E-state index in [9.17, 15) is 4.79 Å². The normalized spacial score (nSPS) is 22.4. The van der Waals surface area contributed by atoms with Crippen LogP contribution in [0.15, 0.2) is 12.1 Å². The molecule has 0 radical (unpaired) electrons. The van der Waals surface area contributed by atoms with Crippen molar-refractivity contribution in [3.63, 3.8) is 0 Å². The molecular formula is C19H28O2. The van der Waals surface area contributed by atoms with Crippen molar-refractivity contribution in [2.75, 3.05) is 7.11 Å². The van der Waals surface area contributed by atoms with Gasteiger partial charge in [-0.25, -0.2) is 0 Å². The number of rotatable bonds is 4. The van der Waals surface area contributed by atoms with E-state index in [1.165, 1.54) is 12.8 Å². The maximum absolute atomic E-state index is 12.8. The van der Waals surface area contributed by atoms with Gasteiger partial charge in [0.05, 0.1) is 7.11 Å². The summed E-state index contributed by atoms with van der Waals surface area (Å²) < 4.78 is 5.34. The molecule has 0 heterocycles. The van der Waals surface area contributed by atoms with E-state index in [2.05, 4.69) is 13.8 Å². The number of benzene rings is 1. The van der Waals surface area contributed by atoms with Gasteiger partial charge in [0.15, 0.2) is 5.78 Å². The molecule has 0 saturated heterocycles. The molecule has 21 heavy (non-hydrogen) atoms. The zero-order chi connectivity index (χ0) is 15.6. The SMILES string of the molecule is COc1cc(C)c(C(=O)C2CCC(C(C)C)CC2)cc1C. The predicted octanol–water partition coefficient (Wildman–Crippen LogP) is 4.96. The molecule has 0 atom stereocenters. The number of Topliss-reactive ketones (excluding diaryl/α,β-unsaturated/α-hetero) is 1. The first-order valence-electron chi connectivity index (χ1n) is 8.13. The minimum absolute atomic E-state index is 0.214. The zero-order valence-corrected chi connectivity index (χ0v) is 14.0. The van der Waals surface area contributed by atoms with Gasteiger partial charge in [-0.05, 0) is 74.6 Å². The van der Waals surface area contributed by atoms with Gasteiger partial charge in [0.1, 0.15) is 5.75 Å². The van der Waals surface area contributed by atoms with Crippen molar-refractivity contribution in [3.05, 3.63) is 28.8 Å². The van der Waals surface area contributed by atoms with Gasteiger partial charge in [0, 0.05) is 11.5 Å². The Hall–Kier alpha value is -1.31. The molecule has 1 aliphatic rings. The highest BCUT2D eigenvalue weighted by Crippen LogP contribution is 2.35. The van der Waals surface area contributed by atoms with E-state index in [0.717, 1.165) is 47.1 Å². The van der Waals surface area contributed by atoms with Gasteiger partial charge in [-0.15, -0.1) is 0 Å². The van der Waals surface area contributed by atoms with Crippen LogP contribution in [0.25, 0.3) is 0 Å². The second-order valence-electron chi connectivity index (χ2n) is 6.86. The number of hydrogen-bond donors (Lipinski definition) is 0. The van der Waals surface area contributed by atoms with Crippen molar-refractivity contribution in [2.24, 2.45) is 17.8 Å². The first kappa shape index (κ1) is 16.1. The molecule has 116 valence electrons. The Morgan fingerprint density at radius 1 is 1.10 bits per heavy atom. The number of carbonyl (C=O) groups excluding carboxylic acids is 1. The zero-order valence-electron chi connectivity index (χ0n) is 14.0. The fourth-order valence-corrected chi connectivity index (χ4v) is 3.54. The summed E-state index contributed by atoms with van der Waals surface area (Å²) in [6, 6.07) is 3.99. The van der Waals surface area contributed by atoms with Crippen LogP contribution in [-0.4, -0.2) is 12.9 Å². The highest BCUT2D eigenvalue weighted by molar-refractivity contribution is 5.99. The fourth-order valence-electron chi connectivity index (χ4n) is 3.54. The average Bonchev–Trinajstić information content (AvgIpc) is 2.48. The van der Waals surface area contributed by atoms with E-state index >= 15 is 0 Å². The molecule has 2 heteroatoms. The van der Waals surface area contributed by atoms with Gasteiger partial charge in [-0.1, -0.05) is 13.8 Å². The minimum atomic E-state index is 0.214. The second kappa shape index (κ2) is 6.64. The van der Waals surface area contributed by atoms with Crippen molar-refractivity contribution in [3.8, 4) is 5.75 Å². The summed E-state index contributed by atoms with van der Waals surface area (Å²) in [5.74, 6) is 2.96. The van der Waals surface area contributed by atoms with Crippen molar-refractivity contribution >= 4 is 5.78 Å². The van der Waals surface area contributed by atoms with Gasteiger partial charge in [0.25, 0.3) is 0 Å². The molecule has 0 unspecified atom stereocenters. The van der Waals surface area contributed by atoms with E-state index in [4.69, 9.17) is 4.74 Å². The Kier molecular flexibility index (Phi) is 5.08. The first-order valence-corrected chi connectivity index (χ1v) is 8.13. The first-order chi connectivity index (χ1) is 9.93. The maximum Gasteiger partial charge on any atom is 0.166 e. The lowest BCUT2D eigenvalue weighted by atomic mass is 9.74. The number of hydrogen-bond acceptors (Lipinski definition) is 2. The van der Waals surface area contributed by atoms with Crippen molar-refractivity contribution in [1.82, 2.24) is 0 Å². The van der Waals surface area contributed by atoms with Gasteiger partial charge >= 0.3 is 0 Å². The van der Waals surface area contributed by atoms with E-state index in [1.54, 1.807) is 7.11 Å². The van der Waals surface area contributed by atoms with Gasteiger partial charge < -0.3 is 4.74 Å². The van der Waals surface area contributed by atoms with Crippen LogP contribution >= 0.6 is 0 Å². The summed E-state index contributed by atoms with van der Waals surface area (Å²) in [5.41, 5.74) is 2.97. The quantitative estimate of drug-likeness (QED) is 0.732. The Morgan fingerprint density at radius 2 is 1.71 bits per heavy atom. The van der Waals surface area contributed by atoms with Crippen LogP contribution in [0, 0.1) is 31.6 Å². The van der Waals surface area contributed by atoms with Crippen LogP contribution < -0.4 is 4.74 Å². The van der Waals surface area contributed by atoms with Crippen LogP contribution in [0.3, 0.4) is 0 Å². The summed E-state index contributed by atoms with van der Waals surface area (Å²) in [5, 5.41) is 0. The fraction of sp³-hybridized carbons (Fsp3) is 0.632. The van der Waals surface area contributed by atoms with Crippen molar-refractivity contribution in [1.29, 1.82) is 0 Å². The van der Waals surface area contributed by atoms with E-state index in [0.29, 0.717) is 5.78 Å². The average molecular weight is 288 g/mol. The molecule has 2 nitrogen and oxygen atoms in total. The van der Waals surface area contributed by atoms with Crippen LogP contribution in [-0.2, 0) is 0 Å². The highest BCUT2D eigenvalue weighted by Gasteiger charge is 2.29. The van der Waals surface area contributed by atoms with Crippen LogP contribution in [0.4, 0.5) is 0 Å². The van der Waals surface area contributed by atoms with E-state index in [-0.39, 0.29) is 5.92 Å². The smallest absolute Gasteiger partial charge is 0.166 e. The molecule has 0 amide bonds. The number of ether oxygens (including phenoxy) is 1. The number of carbonyl (C=O) groups is 1. The summed E-state index contributed by atoms with van der Waals surface area (Å²) in [6.45, 7) is 8.60. The third kappa shape index (κ3) is 3.48. The third-order valence-corrected chi connectivity index (χ3v) is 5.09. The Bertz CT molecular complexity index is 509. The van der Waals surface area contributed by atoms with Crippen LogP contribution in [0.2, 0.25) is 0 Å². The molecular weight excluding hydrogens is 260 g/mol. The van der Waals surface area contributed by atoms with Crippen LogP contribution in [0.1, 0.15) is 61.0 Å². The number of ketones is 1. The lowest BCUT2D eigenvalue weighted by Gasteiger charge is -2.30. The van der Waals surface area contributed by atoms with Crippen molar-refractivity contribution in [2.45, 2.75) is 53.4 Å². The molecule has 1 aromatic rings. The maximum atomic E-state index is 12.8. The number of methoxy groups -OCH3 is 1. The summed E-state index contributed by atoms with van der Waals surface area (Å²) >= 11 is 0. The van der Waals surface area contributed by atoms with Gasteiger partial charge in [0.2, 0.25) is 0 Å². The lowest BCUT2D eigenvalue weighted by Crippen LogP contribution is -2.24. The molecule has 0 aliphatic heterocycles. The standard InChI is InChI=1S/C19H28O2/c1-12(2)15-6-8-16(9-7-15)19(20)17-10-14(4)18(21-5)11-13(17)3/h10-12,15-16H,6-9H2,1-5H3. The lowest BCUT2D eigenvalue weighted by molar-refractivity contribution is 0.0858.